The van der Waals surface area contributed by atoms with Crippen molar-refractivity contribution < 1.29 is 0 Å². The van der Waals surface area contributed by atoms with Gasteiger partial charge in [-0.3, -0.25) is 4.90 Å². The molecule has 3 aliphatic rings. The lowest BCUT2D eigenvalue weighted by atomic mass is 9.75. The minimum absolute atomic E-state index is 0.332. The summed E-state index contributed by atoms with van der Waals surface area (Å²) in [6.07, 6.45) is 7.22. The summed E-state index contributed by atoms with van der Waals surface area (Å²) in [5, 5.41) is 0.728. The van der Waals surface area contributed by atoms with Crippen molar-refractivity contribution >= 4 is 11.8 Å². The molecule has 4 atom stereocenters. The quantitative estimate of drug-likeness (QED) is 0.820. The van der Waals surface area contributed by atoms with Gasteiger partial charge in [-0.2, -0.15) is 11.8 Å². The normalized spacial score (nSPS) is 47.3. The fourth-order valence-corrected chi connectivity index (χ4v) is 5.88. The minimum atomic E-state index is 0.332. The first kappa shape index (κ1) is 12.3. The van der Waals surface area contributed by atoms with E-state index in [0.29, 0.717) is 5.54 Å². The fourth-order valence-electron chi connectivity index (χ4n) is 4.38. The van der Waals surface area contributed by atoms with Crippen LogP contribution in [0.5, 0.6) is 0 Å². The first-order valence-corrected chi connectivity index (χ1v) is 8.36. The lowest BCUT2D eigenvalue weighted by Crippen LogP contribution is -2.61. The van der Waals surface area contributed by atoms with Crippen LogP contribution in [0.25, 0.3) is 0 Å². The Morgan fingerprint density at radius 2 is 2.00 bits per heavy atom. The van der Waals surface area contributed by atoms with Crippen molar-refractivity contribution in [3.8, 4) is 0 Å². The number of piperidine rings is 1. The summed E-state index contributed by atoms with van der Waals surface area (Å²) in [6.45, 7) is 5.92. The van der Waals surface area contributed by atoms with Gasteiger partial charge in [0.15, 0.2) is 0 Å². The molecule has 2 N–H and O–H groups in total. The third kappa shape index (κ3) is 2.04. The first-order valence-electron chi connectivity index (χ1n) is 7.31. The molecule has 2 aliphatic heterocycles. The highest BCUT2D eigenvalue weighted by molar-refractivity contribution is 8.00. The molecule has 2 bridgehead atoms. The Labute approximate surface area is 110 Å². The molecular weight excluding hydrogens is 228 g/mol. The van der Waals surface area contributed by atoms with Crippen LogP contribution >= 0.6 is 11.8 Å². The van der Waals surface area contributed by atoms with Gasteiger partial charge < -0.3 is 5.73 Å². The topological polar surface area (TPSA) is 29.3 Å². The Balaban J connectivity index is 1.78. The number of nitrogens with zero attached hydrogens (tertiary/aromatic N) is 1. The van der Waals surface area contributed by atoms with Crippen molar-refractivity contribution in [1.29, 1.82) is 0 Å². The Bertz CT molecular complexity index is 271. The van der Waals surface area contributed by atoms with Gasteiger partial charge in [-0.15, -0.1) is 0 Å². The van der Waals surface area contributed by atoms with E-state index in [2.05, 4.69) is 23.6 Å². The average molecular weight is 254 g/mol. The number of rotatable bonds is 2. The van der Waals surface area contributed by atoms with Crippen molar-refractivity contribution in [3.63, 3.8) is 0 Å². The largest absolute Gasteiger partial charge is 0.329 e. The van der Waals surface area contributed by atoms with E-state index >= 15 is 0 Å². The third-order valence-corrected chi connectivity index (χ3v) is 6.87. The molecule has 0 amide bonds. The van der Waals surface area contributed by atoms with E-state index in [1.165, 1.54) is 50.9 Å². The molecule has 1 aliphatic carbocycles. The number of nitrogens with two attached hydrogens (primary N) is 1. The van der Waals surface area contributed by atoms with Gasteiger partial charge in [0, 0.05) is 30.4 Å². The van der Waals surface area contributed by atoms with Crippen LogP contribution in [0.1, 0.15) is 39.0 Å². The first-order chi connectivity index (χ1) is 8.24. The van der Waals surface area contributed by atoms with Crippen molar-refractivity contribution in [3.05, 3.63) is 0 Å². The van der Waals surface area contributed by atoms with Gasteiger partial charge >= 0.3 is 0 Å². The molecule has 0 spiro atoms. The molecule has 0 aromatic carbocycles. The predicted octanol–water partition coefficient (Wildman–Crippen LogP) is 2.33. The van der Waals surface area contributed by atoms with E-state index in [9.17, 15) is 0 Å². The molecular formula is C14H26N2S. The van der Waals surface area contributed by atoms with Crippen LogP contribution in [-0.4, -0.2) is 41.1 Å². The van der Waals surface area contributed by atoms with Gasteiger partial charge in [0.2, 0.25) is 0 Å². The minimum Gasteiger partial charge on any atom is -0.329 e. The summed E-state index contributed by atoms with van der Waals surface area (Å²) in [7, 11) is 0. The molecule has 2 heterocycles. The Morgan fingerprint density at radius 3 is 2.53 bits per heavy atom. The molecule has 0 aromatic rings. The van der Waals surface area contributed by atoms with Gasteiger partial charge in [0.05, 0.1) is 0 Å². The molecule has 3 rings (SSSR count). The van der Waals surface area contributed by atoms with Crippen LogP contribution in [0.4, 0.5) is 0 Å². The van der Waals surface area contributed by atoms with E-state index in [4.69, 9.17) is 5.73 Å². The van der Waals surface area contributed by atoms with Gasteiger partial charge in [-0.25, -0.2) is 0 Å². The summed E-state index contributed by atoms with van der Waals surface area (Å²) >= 11 is 2.13. The summed E-state index contributed by atoms with van der Waals surface area (Å²) in [4.78, 5) is 2.80. The van der Waals surface area contributed by atoms with Crippen LogP contribution in [-0.2, 0) is 0 Å². The zero-order valence-electron chi connectivity index (χ0n) is 11.0. The highest BCUT2D eigenvalue weighted by Gasteiger charge is 2.47. The zero-order valence-corrected chi connectivity index (χ0v) is 11.8. The maximum absolute atomic E-state index is 6.19. The molecule has 17 heavy (non-hydrogen) atoms. The maximum atomic E-state index is 6.19. The van der Waals surface area contributed by atoms with Crippen LogP contribution in [0.3, 0.4) is 0 Å². The summed E-state index contributed by atoms with van der Waals surface area (Å²) in [5.41, 5.74) is 6.52. The molecule has 2 nitrogen and oxygen atoms in total. The summed E-state index contributed by atoms with van der Waals surface area (Å²) in [5.74, 6) is 3.26. The third-order valence-electron chi connectivity index (χ3n) is 5.49. The molecule has 1 saturated carbocycles. The zero-order chi connectivity index (χ0) is 11.9. The van der Waals surface area contributed by atoms with Crippen LogP contribution < -0.4 is 5.73 Å². The molecule has 0 aromatic heterocycles. The second-order valence-electron chi connectivity index (χ2n) is 6.37. The molecule has 3 heteroatoms. The Kier molecular flexibility index (Phi) is 3.44. The smallest absolute Gasteiger partial charge is 0.0455 e. The lowest BCUT2D eigenvalue weighted by molar-refractivity contribution is 0.00375. The van der Waals surface area contributed by atoms with Gasteiger partial charge in [-0.05, 0) is 43.3 Å². The maximum Gasteiger partial charge on any atom is 0.0455 e. The van der Waals surface area contributed by atoms with Crippen LogP contribution in [0, 0.1) is 11.8 Å². The second kappa shape index (κ2) is 4.75. The van der Waals surface area contributed by atoms with E-state index < -0.39 is 0 Å². The van der Waals surface area contributed by atoms with E-state index in [1.54, 1.807) is 0 Å². The Morgan fingerprint density at radius 1 is 1.29 bits per heavy atom. The SMILES string of the molecule is CC1SCCC1(CN)N1CC2CCCC(C2)C1. The monoisotopic (exact) mass is 254 g/mol. The fraction of sp³-hybridized carbons (Fsp3) is 1.00. The van der Waals surface area contributed by atoms with Crippen molar-refractivity contribution in [2.24, 2.45) is 17.6 Å². The highest BCUT2D eigenvalue weighted by Crippen LogP contribution is 2.44. The molecule has 0 radical (unpaired) electrons. The van der Waals surface area contributed by atoms with Gasteiger partial charge in [-0.1, -0.05) is 13.3 Å². The summed E-state index contributed by atoms with van der Waals surface area (Å²) < 4.78 is 0. The van der Waals surface area contributed by atoms with E-state index in [-0.39, 0.29) is 0 Å². The molecule has 2 saturated heterocycles. The standard InChI is InChI=1S/C14H26N2S/c1-11-14(10-15,5-6-17-11)16-8-12-3-2-4-13(7-12)9-16/h11-13H,2-10,15H2,1H3. The lowest BCUT2D eigenvalue weighted by Gasteiger charge is -2.51. The van der Waals surface area contributed by atoms with Crippen molar-refractivity contribution in [2.75, 3.05) is 25.4 Å². The predicted molar refractivity (Wildman–Crippen MR) is 75.3 cm³/mol. The molecule has 3 fully saturated rings. The van der Waals surface area contributed by atoms with Crippen molar-refractivity contribution in [2.45, 2.75) is 49.8 Å². The van der Waals surface area contributed by atoms with E-state index in [0.717, 1.165) is 23.6 Å². The van der Waals surface area contributed by atoms with E-state index in [1.807, 2.05) is 0 Å². The van der Waals surface area contributed by atoms with Crippen molar-refractivity contribution in [1.82, 2.24) is 4.90 Å². The number of thioether (sulfide) groups is 1. The van der Waals surface area contributed by atoms with Gasteiger partial charge in [0.25, 0.3) is 0 Å². The van der Waals surface area contributed by atoms with Gasteiger partial charge in [0.1, 0.15) is 0 Å². The number of hydrogen-bond donors (Lipinski definition) is 1. The summed E-state index contributed by atoms with van der Waals surface area (Å²) in [6, 6.07) is 0. The highest BCUT2D eigenvalue weighted by atomic mass is 32.2. The molecule has 4 unspecified atom stereocenters. The second-order valence-corrected chi connectivity index (χ2v) is 7.82. The molecule has 98 valence electrons. The Hall–Kier alpha value is 0.270. The number of likely N-dealkylation sites (tertiary alicyclic amines) is 1. The van der Waals surface area contributed by atoms with Crippen LogP contribution in [0.15, 0.2) is 0 Å². The average Bonchev–Trinajstić information content (AvgIpc) is 2.71. The van der Waals surface area contributed by atoms with Crippen LogP contribution in [0.2, 0.25) is 0 Å². The number of hydrogen-bond acceptors (Lipinski definition) is 3. The number of fused-ring (bicyclic) bond motifs is 2.